The van der Waals surface area contributed by atoms with Crippen LogP contribution in [-0.2, 0) is 4.74 Å². The Hall–Kier alpha value is -0.860. The third kappa shape index (κ3) is 4.36. The molecule has 0 unspecified atom stereocenters. The van der Waals surface area contributed by atoms with Crippen LogP contribution in [0.1, 0.15) is 18.5 Å². The van der Waals surface area contributed by atoms with Gasteiger partial charge in [0.15, 0.2) is 5.96 Å². The Labute approximate surface area is 156 Å². The number of ether oxygens (including phenoxy) is 1. The third-order valence-electron chi connectivity index (χ3n) is 4.52. The van der Waals surface area contributed by atoms with E-state index in [4.69, 9.17) is 4.74 Å². The molecular weight excluding hydrogens is 403 g/mol. The van der Waals surface area contributed by atoms with Crippen molar-refractivity contribution in [3.8, 4) is 0 Å². The van der Waals surface area contributed by atoms with Crippen LogP contribution in [-0.4, -0.2) is 68.2 Å². The van der Waals surface area contributed by atoms with Crippen molar-refractivity contribution in [3.63, 3.8) is 0 Å². The van der Waals surface area contributed by atoms with Crippen molar-refractivity contribution < 1.29 is 4.74 Å². The smallest absolute Gasteiger partial charge is 0.193 e. The van der Waals surface area contributed by atoms with Gasteiger partial charge in [0.25, 0.3) is 0 Å². The lowest BCUT2D eigenvalue weighted by Gasteiger charge is -2.41. The van der Waals surface area contributed by atoms with Crippen molar-refractivity contribution in [2.45, 2.75) is 19.1 Å². The summed E-state index contributed by atoms with van der Waals surface area (Å²) in [5.74, 6) is 0.990. The molecule has 2 heterocycles. The summed E-state index contributed by atoms with van der Waals surface area (Å²) >= 11 is 0. The molecule has 2 atom stereocenters. The van der Waals surface area contributed by atoms with Crippen molar-refractivity contribution >= 4 is 29.9 Å². The van der Waals surface area contributed by atoms with Crippen LogP contribution in [0.5, 0.6) is 0 Å². The molecule has 0 aliphatic carbocycles. The van der Waals surface area contributed by atoms with E-state index in [-0.39, 0.29) is 30.1 Å². The van der Waals surface area contributed by atoms with Crippen LogP contribution in [0.3, 0.4) is 0 Å². The van der Waals surface area contributed by atoms with Gasteiger partial charge in [-0.1, -0.05) is 37.3 Å². The fraction of sp³-hybridized carbons (Fsp3) is 0.588. The van der Waals surface area contributed by atoms with Gasteiger partial charge in [-0.15, -0.1) is 24.0 Å². The van der Waals surface area contributed by atoms with Gasteiger partial charge in [-0.05, 0) is 12.1 Å². The molecule has 6 heteroatoms. The quantitative estimate of drug-likeness (QED) is 0.742. The van der Waals surface area contributed by atoms with Gasteiger partial charge in [-0.25, -0.2) is 0 Å². The van der Waals surface area contributed by atoms with Crippen LogP contribution >= 0.6 is 24.0 Å². The number of hydrogen-bond acceptors (Lipinski definition) is 5. The maximum atomic E-state index is 6.09. The Kier molecular flexibility index (Phi) is 7.10. The number of likely N-dealkylation sites (N-methyl/N-ethyl adjacent to an activating group) is 2. The molecule has 0 spiro atoms. The molecule has 5 nitrogen and oxygen atoms in total. The van der Waals surface area contributed by atoms with Gasteiger partial charge in [0, 0.05) is 26.7 Å². The lowest BCUT2D eigenvalue weighted by atomic mass is 9.98. The molecule has 1 fully saturated rings. The first-order valence-electron chi connectivity index (χ1n) is 8.19. The van der Waals surface area contributed by atoms with Gasteiger partial charge in [0.1, 0.15) is 0 Å². The molecule has 128 valence electrons. The highest BCUT2D eigenvalue weighted by Crippen LogP contribution is 2.29. The van der Waals surface area contributed by atoms with E-state index in [1.54, 1.807) is 0 Å². The van der Waals surface area contributed by atoms with E-state index < -0.39 is 0 Å². The molecule has 0 saturated carbocycles. The molecular formula is C17H27IN4O. The van der Waals surface area contributed by atoms with E-state index in [1.165, 1.54) is 5.56 Å². The zero-order chi connectivity index (χ0) is 15.4. The Morgan fingerprint density at radius 1 is 1.26 bits per heavy atom. The second kappa shape index (κ2) is 8.84. The first-order valence-corrected chi connectivity index (χ1v) is 8.19. The molecule has 0 bridgehead atoms. The van der Waals surface area contributed by atoms with Gasteiger partial charge < -0.3 is 15.0 Å². The van der Waals surface area contributed by atoms with Crippen molar-refractivity contribution in [2.24, 2.45) is 4.99 Å². The molecule has 1 saturated heterocycles. The minimum atomic E-state index is 0. The number of hydrogen-bond donors (Lipinski definition) is 1. The number of morpholine rings is 1. The summed E-state index contributed by atoms with van der Waals surface area (Å²) in [7, 11) is 2.08. The Morgan fingerprint density at radius 2 is 2.04 bits per heavy atom. The SMILES string of the molecule is CCN1CCO[C@@H](CNC2=NCCN2C)[C@@H]1c1ccccc1.I. The summed E-state index contributed by atoms with van der Waals surface area (Å²) < 4.78 is 6.09. The lowest BCUT2D eigenvalue weighted by Crippen LogP contribution is -2.50. The molecule has 1 aromatic carbocycles. The fourth-order valence-electron chi connectivity index (χ4n) is 3.30. The second-order valence-corrected chi connectivity index (χ2v) is 5.90. The predicted molar refractivity (Wildman–Crippen MR) is 105 cm³/mol. The zero-order valence-corrected chi connectivity index (χ0v) is 16.3. The number of aliphatic imine (C=N–C) groups is 1. The minimum Gasteiger partial charge on any atom is -0.373 e. The van der Waals surface area contributed by atoms with Crippen LogP contribution in [0.4, 0.5) is 0 Å². The molecule has 0 aromatic heterocycles. The lowest BCUT2D eigenvalue weighted by molar-refractivity contribution is -0.0678. The highest BCUT2D eigenvalue weighted by atomic mass is 127. The van der Waals surface area contributed by atoms with Gasteiger partial charge in [0.2, 0.25) is 0 Å². The number of guanidine groups is 1. The average Bonchev–Trinajstić information content (AvgIpc) is 2.98. The predicted octanol–water partition coefficient (Wildman–Crippen LogP) is 1.96. The number of nitrogens with zero attached hydrogens (tertiary/aromatic N) is 3. The topological polar surface area (TPSA) is 40.1 Å². The minimum absolute atomic E-state index is 0. The number of rotatable bonds is 4. The third-order valence-corrected chi connectivity index (χ3v) is 4.52. The number of benzene rings is 1. The summed E-state index contributed by atoms with van der Waals surface area (Å²) in [6.07, 6.45) is 0.146. The summed E-state index contributed by atoms with van der Waals surface area (Å²) in [6, 6.07) is 11.0. The standard InChI is InChI=1S/C17H26N4O.HI/c1-3-21-11-12-22-15(13-19-17-18-9-10-20(17)2)16(21)14-7-5-4-6-8-14;/h4-8,15-16H,3,9-13H2,1-2H3,(H,18,19);1H/t15-,16-;/m0./s1. The second-order valence-electron chi connectivity index (χ2n) is 5.90. The monoisotopic (exact) mass is 430 g/mol. The molecule has 2 aliphatic heterocycles. The van der Waals surface area contributed by atoms with E-state index >= 15 is 0 Å². The largest absolute Gasteiger partial charge is 0.373 e. The molecule has 0 amide bonds. The molecule has 1 N–H and O–H groups in total. The van der Waals surface area contributed by atoms with Crippen molar-refractivity contribution in [2.75, 3.05) is 46.4 Å². The maximum absolute atomic E-state index is 6.09. The summed E-state index contributed by atoms with van der Waals surface area (Å²) in [4.78, 5) is 9.17. The molecule has 3 rings (SSSR count). The average molecular weight is 430 g/mol. The molecule has 0 radical (unpaired) electrons. The van der Waals surface area contributed by atoms with Crippen molar-refractivity contribution in [1.29, 1.82) is 0 Å². The maximum Gasteiger partial charge on any atom is 0.193 e. The number of halogens is 1. The van der Waals surface area contributed by atoms with Gasteiger partial charge in [0.05, 0.1) is 25.3 Å². The molecule has 1 aromatic rings. The summed E-state index contributed by atoms with van der Waals surface area (Å²) in [5.41, 5.74) is 1.33. The van der Waals surface area contributed by atoms with E-state index in [0.29, 0.717) is 6.04 Å². The van der Waals surface area contributed by atoms with E-state index in [1.807, 2.05) is 0 Å². The molecule has 2 aliphatic rings. The van der Waals surface area contributed by atoms with Crippen LogP contribution in [0.15, 0.2) is 35.3 Å². The zero-order valence-electron chi connectivity index (χ0n) is 13.9. The van der Waals surface area contributed by atoms with Gasteiger partial charge in [-0.2, -0.15) is 0 Å². The first-order chi connectivity index (χ1) is 10.8. The summed E-state index contributed by atoms with van der Waals surface area (Å²) in [5, 5.41) is 3.47. The van der Waals surface area contributed by atoms with Crippen LogP contribution < -0.4 is 5.32 Å². The number of nitrogens with one attached hydrogen (secondary N) is 1. The first kappa shape index (κ1) is 18.5. The summed E-state index contributed by atoms with van der Waals surface area (Å²) in [6.45, 7) is 7.73. The van der Waals surface area contributed by atoms with E-state index in [9.17, 15) is 0 Å². The highest BCUT2D eigenvalue weighted by molar-refractivity contribution is 14.0. The van der Waals surface area contributed by atoms with Gasteiger partial charge in [-0.3, -0.25) is 9.89 Å². The van der Waals surface area contributed by atoms with Crippen molar-refractivity contribution in [1.82, 2.24) is 15.1 Å². The normalized spacial score (nSPS) is 25.0. The Morgan fingerprint density at radius 3 is 2.70 bits per heavy atom. The Bertz CT molecular complexity index is 511. The fourth-order valence-corrected chi connectivity index (χ4v) is 3.30. The molecule has 23 heavy (non-hydrogen) atoms. The van der Waals surface area contributed by atoms with Gasteiger partial charge >= 0.3 is 0 Å². The van der Waals surface area contributed by atoms with E-state index in [0.717, 1.165) is 45.3 Å². The highest BCUT2D eigenvalue weighted by Gasteiger charge is 2.33. The van der Waals surface area contributed by atoms with Crippen LogP contribution in [0.25, 0.3) is 0 Å². The Balaban J connectivity index is 0.00000192. The van der Waals surface area contributed by atoms with Crippen molar-refractivity contribution in [3.05, 3.63) is 35.9 Å². The van der Waals surface area contributed by atoms with Crippen LogP contribution in [0, 0.1) is 0 Å². The van der Waals surface area contributed by atoms with E-state index in [2.05, 4.69) is 64.4 Å². The van der Waals surface area contributed by atoms with Crippen LogP contribution in [0.2, 0.25) is 0 Å².